The molecule has 3 nitrogen and oxygen atoms in total. The molecule has 1 aromatic rings. The third kappa shape index (κ3) is 1.94. The molecule has 6 heteroatoms. The van der Waals surface area contributed by atoms with Crippen molar-refractivity contribution in [1.29, 1.82) is 0 Å². The Kier molecular flexibility index (Phi) is 2.70. The van der Waals surface area contributed by atoms with Gasteiger partial charge < -0.3 is 0 Å². The monoisotopic (exact) mass is 230 g/mol. The summed E-state index contributed by atoms with van der Waals surface area (Å²) in [6.07, 6.45) is 5.62. The molecule has 1 aromatic carbocycles. The van der Waals surface area contributed by atoms with E-state index in [0.717, 1.165) is 5.59 Å². The Morgan fingerprint density at radius 1 is 1.17 bits per heavy atom. The van der Waals surface area contributed by atoms with Gasteiger partial charge in [0, 0.05) is 0 Å². The number of ketones is 1. The van der Waals surface area contributed by atoms with Crippen LogP contribution in [0.4, 0.5) is 5.69 Å². The Balaban J connectivity index is 1.88. The number of nitrogens with zero attached hydrogens (tertiary/aromatic N) is 1. The summed E-state index contributed by atoms with van der Waals surface area (Å²) >= 11 is 0. The van der Waals surface area contributed by atoms with E-state index in [0.29, 0.717) is 16.8 Å². The van der Waals surface area contributed by atoms with Crippen LogP contribution in [-0.4, -0.2) is 37.4 Å². The van der Waals surface area contributed by atoms with E-state index in [-0.39, 0.29) is 5.78 Å². The van der Waals surface area contributed by atoms with Crippen molar-refractivity contribution < 1.29 is 4.79 Å². The Hall–Kier alpha value is -1.97. The maximum atomic E-state index is 12.3. The van der Waals surface area contributed by atoms with Crippen molar-refractivity contribution >= 4 is 38.2 Å². The second-order valence-electron chi connectivity index (χ2n) is 4.21. The van der Waals surface area contributed by atoms with E-state index < -0.39 is 0 Å². The Morgan fingerprint density at radius 2 is 1.94 bits per heavy atom. The third-order valence-electron chi connectivity index (χ3n) is 2.96. The molecule has 0 aromatic heterocycles. The van der Waals surface area contributed by atoms with Gasteiger partial charge in [-0.1, -0.05) is 0 Å². The van der Waals surface area contributed by atoms with Crippen LogP contribution >= 0.6 is 0 Å². The third-order valence-corrected chi connectivity index (χ3v) is 2.96. The summed E-state index contributed by atoms with van der Waals surface area (Å²) in [5.74, 6) is 0.00519. The van der Waals surface area contributed by atoms with Gasteiger partial charge in [0.1, 0.15) is 0 Å². The van der Waals surface area contributed by atoms with Crippen LogP contribution in [0.3, 0.4) is 0 Å². The number of carbonyl (C=O) groups is 1. The Labute approximate surface area is 108 Å². The van der Waals surface area contributed by atoms with Gasteiger partial charge >= 0.3 is 107 Å². The first-order chi connectivity index (χ1) is 8.74. The first-order valence-corrected chi connectivity index (χ1v) is 5.71. The van der Waals surface area contributed by atoms with Crippen LogP contribution in [0.25, 0.3) is 0 Å². The summed E-state index contributed by atoms with van der Waals surface area (Å²) < 4.78 is 0. The molecule has 0 unspecified atom stereocenters. The molecule has 2 heterocycles. The minimum atomic E-state index is 0.00519. The predicted molar refractivity (Wildman–Crippen MR) is 76.5 cm³/mol. The molecule has 0 fully saturated rings. The molecule has 0 spiro atoms. The molecule has 0 saturated carbocycles. The van der Waals surface area contributed by atoms with Crippen molar-refractivity contribution in [2.45, 2.75) is 0 Å². The van der Waals surface area contributed by atoms with Crippen molar-refractivity contribution in [2.75, 3.05) is 5.73 Å². The fourth-order valence-electron chi connectivity index (χ4n) is 1.97. The number of nitrogens with two attached hydrogens (primary N) is 1. The van der Waals surface area contributed by atoms with Crippen molar-refractivity contribution in [3.05, 3.63) is 53.8 Å². The predicted octanol–water partition coefficient (Wildman–Crippen LogP) is 0.208. The average molecular weight is 230 g/mol. The maximum absolute atomic E-state index is 12.3. The molecular formula is C12H9B3N2O. The number of anilines is 1. The molecule has 0 saturated heterocycles. The zero-order valence-corrected chi connectivity index (χ0v) is 9.71. The molecule has 3 rings (SSSR count). The van der Waals surface area contributed by atoms with Crippen molar-refractivity contribution in [1.82, 2.24) is 4.81 Å². The number of hydrogen-bond donors (Lipinski definition) is 1. The molecule has 2 aliphatic heterocycles. The number of fused-ring (bicyclic) bond motifs is 1. The van der Waals surface area contributed by atoms with Crippen LogP contribution in [0, 0.1) is 0 Å². The quantitative estimate of drug-likeness (QED) is 0.448. The Morgan fingerprint density at radius 3 is 2.72 bits per heavy atom. The Bertz CT molecular complexity index is 590. The van der Waals surface area contributed by atoms with Crippen molar-refractivity contribution in [3.8, 4) is 0 Å². The van der Waals surface area contributed by atoms with Gasteiger partial charge in [-0.15, -0.1) is 0 Å². The van der Waals surface area contributed by atoms with E-state index in [4.69, 9.17) is 5.73 Å². The molecule has 2 N–H and O–H groups in total. The zero-order chi connectivity index (χ0) is 12.5. The van der Waals surface area contributed by atoms with Gasteiger partial charge in [0.15, 0.2) is 0 Å². The van der Waals surface area contributed by atoms with E-state index in [1.807, 2.05) is 44.3 Å². The number of allylic oxidation sites excluding steroid dienone is 2. The van der Waals surface area contributed by atoms with Gasteiger partial charge in [0.05, 0.1) is 0 Å². The fourth-order valence-corrected chi connectivity index (χ4v) is 1.97. The van der Waals surface area contributed by atoms with Crippen LogP contribution in [0.2, 0.25) is 0 Å². The SMILES string of the molecule is Nc1ccc(C(=O)C2=CN3[B][B]B=C3C=C2)cc1. The van der Waals surface area contributed by atoms with E-state index in [9.17, 15) is 4.79 Å². The summed E-state index contributed by atoms with van der Waals surface area (Å²) in [4.78, 5) is 14.2. The molecule has 2 aliphatic rings. The summed E-state index contributed by atoms with van der Waals surface area (Å²) in [5, 5.41) is 0. The topological polar surface area (TPSA) is 46.3 Å². The first-order valence-electron chi connectivity index (χ1n) is 5.71. The van der Waals surface area contributed by atoms with Crippen LogP contribution < -0.4 is 5.73 Å². The van der Waals surface area contributed by atoms with Crippen LogP contribution in [0.15, 0.2) is 48.2 Å². The number of Topliss-reactive ketones (excluding diaryl/α,β-unsaturated/α-hetero) is 1. The van der Waals surface area contributed by atoms with E-state index in [2.05, 4.69) is 0 Å². The van der Waals surface area contributed by atoms with Crippen molar-refractivity contribution in [2.24, 2.45) is 0 Å². The van der Waals surface area contributed by atoms with Gasteiger partial charge in [-0.25, -0.2) is 0 Å². The molecule has 0 aliphatic carbocycles. The van der Waals surface area contributed by atoms with Crippen LogP contribution in [0.1, 0.15) is 10.4 Å². The second kappa shape index (κ2) is 4.37. The van der Waals surface area contributed by atoms with Gasteiger partial charge in [-0.3, -0.25) is 0 Å². The molecule has 2 radical (unpaired) electrons. The molecule has 0 atom stereocenters. The van der Waals surface area contributed by atoms with E-state index >= 15 is 0 Å². The van der Waals surface area contributed by atoms with E-state index in [1.54, 1.807) is 24.3 Å². The summed E-state index contributed by atoms with van der Waals surface area (Å²) in [5.41, 5.74) is 8.66. The van der Waals surface area contributed by atoms with Crippen LogP contribution in [0.5, 0.6) is 0 Å². The van der Waals surface area contributed by atoms with Gasteiger partial charge in [0.2, 0.25) is 0 Å². The van der Waals surface area contributed by atoms with Crippen LogP contribution in [-0.2, 0) is 0 Å². The molecular weight excluding hydrogens is 221 g/mol. The molecule has 0 amide bonds. The van der Waals surface area contributed by atoms with Gasteiger partial charge in [-0.2, -0.15) is 0 Å². The minimum absolute atomic E-state index is 0.00519. The number of hydrogen-bond acceptors (Lipinski definition) is 3. The van der Waals surface area contributed by atoms with Gasteiger partial charge in [0.25, 0.3) is 0 Å². The second-order valence-corrected chi connectivity index (χ2v) is 4.21. The normalized spacial score (nSPS) is 15.9. The number of rotatable bonds is 2. The zero-order valence-electron chi connectivity index (χ0n) is 9.71. The number of benzene rings is 1. The standard InChI is InChI=1S/C12H9B3N2O/c16-10-4-1-8(2-5-10)12(18)9-3-6-11-13-14-15-17(11)7-9/h1-7H,16H2. The van der Waals surface area contributed by atoms with Gasteiger partial charge in [-0.05, 0) is 0 Å². The average Bonchev–Trinajstić information content (AvgIpc) is 2.86. The first kappa shape index (κ1) is 11.1. The summed E-state index contributed by atoms with van der Waals surface area (Å²) in [7, 11) is 3.88. The van der Waals surface area contributed by atoms with Crippen molar-refractivity contribution in [3.63, 3.8) is 0 Å². The summed E-state index contributed by atoms with van der Waals surface area (Å²) in [6.45, 7) is 2.00. The molecule has 18 heavy (non-hydrogen) atoms. The van der Waals surface area contributed by atoms with E-state index in [1.165, 1.54) is 0 Å². The number of nitrogen functional groups attached to an aromatic ring is 1. The summed E-state index contributed by atoms with van der Waals surface area (Å²) in [6, 6.07) is 6.97. The molecule has 0 bridgehead atoms. The fraction of sp³-hybridized carbons (Fsp3) is 0. The number of carbonyl (C=O) groups excluding carboxylic acids is 1. The molecule has 82 valence electrons.